The first-order valence-corrected chi connectivity index (χ1v) is 5.32. The van der Waals surface area contributed by atoms with E-state index in [0.29, 0.717) is 0 Å². The van der Waals surface area contributed by atoms with Crippen LogP contribution in [0.2, 0.25) is 0 Å². The van der Waals surface area contributed by atoms with Gasteiger partial charge in [0.15, 0.2) is 0 Å². The van der Waals surface area contributed by atoms with Gasteiger partial charge in [-0.25, -0.2) is 0 Å². The topological polar surface area (TPSA) is 29.5 Å². The number of benzene rings is 1. The number of rotatable bonds is 3. The smallest absolute Gasteiger partial charge is 0.134 e. The molecule has 0 bridgehead atoms. The summed E-state index contributed by atoms with van der Waals surface area (Å²) in [5.74, 6) is 7.47. The molecule has 1 aromatic rings. The van der Waals surface area contributed by atoms with Crippen LogP contribution in [0.4, 0.5) is 0 Å². The number of hydrogen-bond donors (Lipinski definition) is 2. The molecule has 0 spiro atoms. The second kappa shape index (κ2) is 6.39. The van der Waals surface area contributed by atoms with E-state index < -0.39 is 0 Å². The Labute approximate surface area is 95.7 Å². The zero-order valence-corrected chi connectivity index (χ0v) is 9.55. The SMILES string of the molecule is COc1ccc(CO)cc1C#CCCS. The van der Waals surface area contributed by atoms with Crippen molar-refractivity contribution in [3.05, 3.63) is 29.3 Å². The van der Waals surface area contributed by atoms with Crippen molar-refractivity contribution < 1.29 is 9.84 Å². The van der Waals surface area contributed by atoms with Crippen LogP contribution in [-0.2, 0) is 6.61 Å². The van der Waals surface area contributed by atoms with Gasteiger partial charge in [0.1, 0.15) is 5.75 Å². The lowest BCUT2D eigenvalue weighted by Crippen LogP contribution is -1.91. The van der Waals surface area contributed by atoms with Crippen molar-refractivity contribution in [3.8, 4) is 17.6 Å². The monoisotopic (exact) mass is 222 g/mol. The molecular weight excluding hydrogens is 208 g/mol. The molecule has 1 rings (SSSR count). The van der Waals surface area contributed by atoms with Crippen molar-refractivity contribution in [2.45, 2.75) is 13.0 Å². The van der Waals surface area contributed by atoms with Crippen molar-refractivity contribution in [3.63, 3.8) is 0 Å². The second-order valence-corrected chi connectivity index (χ2v) is 3.42. The third-order valence-electron chi connectivity index (χ3n) is 1.91. The lowest BCUT2D eigenvalue weighted by Gasteiger charge is -2.04. The van der Waals surface area contributed by atoms with Crippen LogP contribution in [0.5, 0.6) is 5.75 Å². The Morgan fingerprint density at radius 3 is 2.87 bits per heavy atom. The molecule has 0 amide bonds. The Morgan fingerprint density at radius 1 is 1.47 bits per heavy atom. The molecule has 0 fully saturated rings. The Bertz CT molecular complexity index is 377. The quantitative estimate of drug-likeness (QED) is 0.604. The first kappa shape index (κ1) is 12.0. The Hall–Kier alpha value is -1.11. The Morgan fingerprint density at radius 2 is 2.27 bits per heavy atom. The first-order chi connectivity index (χ1) is 7.31. The van der Waals surface area contributed by atoms with E-state index in [1.165, 1.54) is 0 Å². The molecular formula is C12H14O2S. The summed E-state index contributed by atoms with van der Waals surface area (Å²) in [6, 6.07) is 5.48. The second-order valence-electron chi connectivity index (χ2n) is 2.97. The predicted octanol–water partition coefficient (Wildman–Crippen LogP) is 1.86. The van der Waals surface area contributed by atoms with E-state index in [0.717, 1.165) is 29.1 Å². The van der Waals surface area contributed by atoms with Gasteiger partial charge in [-0.15, -0.1) is 0 Å². The summed E-state index contributed by atoms with van der Waals surface area (Å²) in [6.07, 6.45) is 0.746. The average Bonchev–Trinajstić information content (AvgIpc) is 2.29. The number of aliphatic hydroxyl groups excluding tert-OH is 1. The van der Waals surface area contributed by atoms with Crippen molar-refractivity contribution in [2.75, 3.05) is 12.9 Å². The zero-order valence-electron chi connectivity index (χ0n) is 8.66. The lowest BCUT2D eigenvalue weighted by molar-refractivity contribution is 0.281. The number of ether oxygens (including phenoxy) is 1. The molecule has 15 heavy (non-hydrogen) atoms. The molecule has 0 heterocycles. The molecule has 0 aliphatic rings. The highest BCUT2D eigenvalue weighted by Gasteiger charge is 2.00. The van der Waals surface area contributed by atoms with Crippen LogP contribution in [0.1, 0.15) is 17.5 Å². The van der Waals surface area contributed by atoms with Crippen LogP contribution in [-0.4, -0.2) is 18.0 Å². The van der Waals surface area contributed by atoms with Crippen molar-refractivity contribution >= 4 is 12.6 Å². The maximum absolute atomic E-state index is 9.00. The molecule has 1 aromatic carbocycles. The van der Waals surface area contributed by atoms with Gasteiger partial charge >= 0.3 is 0 Å². The summed E-state index contributed by atoms with van der Waals surface area (Å²) < 4.78 is 5.17. The minimum atomic E-state index is 0.0191. The summed E-state index contributed by atoms with van der Waals surface area (Å²) in [5, 5.41) is 9.00. The fourth-order valence-electron chi connectivity index (χ4n) is 1.16. The van der Waals surface area contributed by atoms with Gasteiger partial charge in [-0.3, -0.25) is 0 Å². The van der Waals surface area contributed by atoms with E-state index in [2.05, 4.69) is 24.5 Å². The minimum Gasteiger partial charge on any atom is -0.495 e. The molecule has 2 nitrogen and oxygen atoms in total. The van der Waals surface area contributed by atoms with Crippen LogP contribution in [0.15, 0.2) is 18.2 Å². The number of aliphatic hydroxyl groups is 1. The third-order valence-corrected chi connectivity index (χ3v) is 2.13. The van der Waals surface area contributed by atoms with Crippen LogP contribution in [0.3, 0.4) is 0 Å². The van der Waals surface area contributed by atoms with Crippen LogP contribution < -0.4 is 4.74 Å². The van der Waals surface area contributed by atoms with E-state index in [1.54, 1.807) is 7.11 Å². The van der Waals surface area contributed by atoms with Gasteiger partial charge in [-0.2, -0.15) is 12.6 Å². The van der Waals surface area contributed by atoms with Gasteiger partial charge in [-0.05, 0) is 17.7 Å². The molecule has 0 aliphatic heterocycles. The van der Waals surface area contributed by atoms with Crippen molar-refractivity contribution in [1.29, 1.82) is 0 Å². The Balaban J connectivity index is 2.97. The van der Waals surface area contributed by atoms with Gasteiger partial charge in [0.05, 0.1) is 19.3 Å². The number of thiol groups is 1. The molecule has 0 atom stereocenters. The molecule has 0 saturated carbocycles. The molecule has 0 radical (unpaired) electrons. The molecule has 80 valence electrons. The minimum absolute atomic E-state index is 0.0191. The molecule has 0 aromatic heterocycles. The van der Waals surface area contributed by atoms with Crippen LogP contribution in [0.25, 0.3) is 0 Å². The predicted molar refractivity (Wildman–Crippen MR) is 64.3 cm³/mol. The van der Waals surface area contributed by atoms with E-state index in [1.807, 2.05) is 18.2 Å². The fraction of sp³-hybridized carbons (Fsp3) is 0.333. The zero-order chi connectivity index (χ0) is 11.1. The normalized spacial score (nSPS) is 9.27. The number of hydrogen-bond acceptors (Lipinski definition) is 3. The summed E-state index contributed by atoms with van der Waals surface area (Å²) in [4.78, 5) is 0. The lowest BCUT2D eigenvalue weighted by atomic mass is 10.1. The van der Waals surface area contributed by atoms with Crippen LogP contribution >= 0.6 is 12.6 Å². The Kier molecular flexibility index (Phi) is 5.09. The standard InChI is InChI=1S/C12H14O2S/c1-14-12-6-5-10(9-13)8-11(12)4-2-3-7-15/h5-6,8,13,15H,3,7,9H2,1H3. The van der Waals surface area contributed by atoms with Gasteiger partial charge < -0.3 is 9.84 Å². The van der Waals surface area contributed by atoms with E-state index in [4.69, 9.17) is 9.84 Å². The molecule has 3 heteroatoms. The highest BCUT2D eigenvalue weighted by Crippen LogP contribution is 2.18. The van der Waals surface area contributed by atoms with E-state index >= 15 is 0 Å². The fourth-order valence-corrected chi connectivity index (χ4v) is 1.28. The summed E-state index contributed by atoms with van der Waals surface area (Å²) >= 11 is 4.08. The van der Waals surface area contributed by atoms with Crippen molar-refractivity contribution in [2.24, 2.45) is 0 Å². The summed E-state index contributed by atoms with van der Waals surface area (Å²) in [6.45, 7) is 0.0191. The molecule has 0 unspecified atom stereocenters. The van der Waals surface area contributed by atoms with E-state index in [9.17, 15) is 0 Å². The molecule has 0 aliphatic carbocycles. The van der Waals surface area contributed by atoms with E-state index in [-0.39, 0.29) is 6.61 Å². The van der Waals surface area contributed by atoms with Gasteiger partial charge in [0.2, 0.25) is 0 Å². The molecule has 0 saturated heterocycles. The summed E-state index contributed by atoms with van der Waals surface area (Å²) in [7, 11) is 1.61. The molecule has 1 N–H and O–H groups in total. The van der Waals surface area contributed by atoms with Gasteiger partial charge in [0, 0.05) is 12.2 Å². The maximum Gasteiger partial charge on any atom is 0.134 e. The van der Waals surface area contributed by atoms with Crippen molar-refractivity contribution in [1.82, 2.24) is 0 Å². The number of methoxy groups -OCH3 is 1. The van der Waals surface area contributed by atoms with Crippen LogP contribution in [0, 0.1) is 11.8 Å². The highest BCUT2D eigenvalue weighted by atomic mass is 32.1. The average molecular weight is 222 g/mol. The summed E-state index contributed by atoms with van der Waals surface area (Å²) in [5.41, 5.74) is 1.65. The van der Waals surface area contributed by atoms with Gasteiger partial charge in [0.25, 0.3) is 0 Å². The largest absolute Gasteiger partial charge is 0.495 e. The first-order valence-electron chi connectivity index (χ1n) is 4.69. The van der Waals surface area contributed by atoms with Gasteiger partial charge in [-0.1, -0.05) is 17.9 Å². The highest BCUT2D eigenvalue weighted by molar-refractivity contribution is 7.80. The third kappa shape index (κ3) is 3.50. The maximum atomic E-state index is 9.00.